The first kappa shape index (κ1) is 15.1. The Balaban J connectivity index is 2.47. The second kappa shape index (κ2) is 5.60. The summed E-state index contributed by atoms with van der Waals surface area (Å²) in [6.07, 6.45) is 0. The van der Waals surface area contributed by atoms with Crippen LogP contribution in [0.25, 0.3) is 11.0 Å². The number of fused-ring (bicyclic) bond motifs is 1. The normalized spacial score (nSPS) is 14.2. The molecule has 0 aliphatic carbocycles. The van der Waals surface area contributed by atoms with Gasteiger partial charge in [0, 0.05) is 18.1 Å². The van der Waals surface area contributed by atoms with Crippen molar-refractivity contribution < 1.29 is 18.0 Å². The van der Waals surface area contributed by atoms with Crippen LogP contribution in [0.3, 0.4) is 0 Å². The second-order valence-electron chi connectivity index (χ2n) is 4.27. The fourth-order valence-electron chi connectivity index (χ4n) is 1.82. The zero-order chi connectivity index (χ0) is 14.9. The summed E-state index contributed by atoms with van der Waals surface area (Å²) in [5.74, 6) is 0.307. The minimum Gasteiger partial charge on any atom is -0.424 e. The van der Waals surface area contributed by atoms with Crippen molar-refractivity contribution in [3.63, 3.8) is 0 Å². The summed E-state index contributed by atoms with van der Waals surface area (Å²) in [5, 5.41) is 0.756. The van der Waals surface area contributed by atoms with Crippen LogP contribution >= 0.6 is 19.2 Å². The minimum absolute atomic E-state index is 0.0571. The first-order chi connectivity index (χ1) is 9.34. The second-order valence-corrected chi connectivity index (χ2v) is 6.63. The number of halogens is 1. The van der Waals surface area contributed by atoms with Crippen LogP contribution in [0.5, 0.6) is 5.75 Å². The fourth-order valence-corrected chi connectivity index (χ4v) is 2.98. The van der Waals surface area contributed by atoms with E-state index in [9.17, 15) is 9.36 Å². The van der Waals surface area contributed by atoms with Gasteiger partial charge in [-0.2, -0.15) is 0 Å². The van der Waals surface area contributed by atoms with E-state index in [1.807, 2.05) is 0 Å². The molecule has 0 amide bonds. The van der Waals surface area contributed by atoms with Gasteiger partial charge in [0.15, 0.2) is 0 Å². The molecule has 5 nitrogen and oxygen atoms in total. The quantitative estimate of drug-likeness (QED) is 0.630. The summed E-state index contributed by atoms with van der Waals surface area (Å²) in [6.45, 7) is 5.12. The van der Waals surface area contributed by atoms with Crippen molar-refractivity contribution in [2.24, 2.45) is 0 Å². The maximum Gasteiger partial charge on any atom is 0.376 e. The average molecular weight is 317 g/mol. The summed E-state index contributed by atoms with van der Waals surface area (Å²) in [5.41, 5.74) is 0.346. The number of rotatable bonds is 4. The van der Waals surface area contributed by atoms with Crippen LogP contribution in [0.15, 0.2) is 27.4 Å². The van der Waals surface area contributed by atoms with E-state index in [0.717, 1.165) is 0 Å². The van der Waals surface area contributed by atoms with Gasteiger partial charge < -0.3 is 13.5 Å². The summed E-state index contributed by atoms with van der Waals surface area (Å²) in [7, 11) is -3.17. The van der Waals surface area contributed by atoms with Crippen molar-refractivity contribution >= 4 is 30.2 Å². The Morgan fingerprint density at radius 3 is 2.75 bits per heavy atom. The Hall–Kier alpha value is -1.29. The molecule has 0 aliphatic heterocycles. The smallest absolute Gasteiger partial charge is 0.376 e. The van der Waals surface area contributed by atoms with Gasteiger partial charge in [0.05, 0.1) is 6.61 Å². The summed E-state index contributed by atoms with van der Waals surface area (Å²) in [4.78, 5) is 11.5. The van der Waals surface area contributed by atoms with Crippen molar-refractivity contribution in [2.45, 2.75) is 13.8 Å². The molecule has 1 heterocycles. The minimum atomic E-state index is -3.17. The van der Waals surface area contributed by atoms with E-state index in [2.05, 4.69) is 0 Å². The van der Waals surface area contributed by atoms with Crippen LogP contribution in [0.4, 0.5) is 0 Å². The van der Waals surface area contributed by atoms with E-state index in [1.165, 1.54) is 12.7 Å². The van der Waals surface area contributed by atoms with Gasteiger partial charge >= 0.3 is 13.2 Å². The van der Waals surface area contributed by atoms with E-state index < -0.39 is 13.2 Å². The van der Waals surface area contributed by atoms with Gasteiger partial charge in [-0.15, -0.1) is 0 Å². The van der Waals surface area contributed by atoms with Crippen molar-refractivity contribution in [3.8, 4) is 5.75 Å². The zero-order valence-corrected chi connectivity index (χ0v) is 13.0. The third kappa shape index (κ3) is 3.06. The molecule has 108 valence electrons. The van der Waals surface area contributed by atoms with Gasteiger partial charge in [0.2, 0.25) is 0 Å². The first-order valence-corrected chi connectivity index (χ1v) is 8.35. The lowest BCUT2D eigenvalue weighted by atomic mass is 10.1. The van der Waals surface area contributed by atoms with E-state index in [-0.39, 0.29) is 11.6 Å². The molecule has 0 saturated carbocycles. The predicted octanol–water partition coefficient (Wildman–Crippen LogP) is 3.99. The summed E-state index contributed by atoms with van der Waals surface area (Å²) < 4.78 is 27.4. The van der Waals surface area contributed by atoms with Gasteiger partial charge in [0.1, 0.15) is 16.4 Å². The average Bonchev–Trinajstić information content (AvgIpc) is 2.35. The Morgan fingerprint density at radius 2 is 2.10 bits per heavy atom. The SMILES string of the molecule is CCO[P@@](C)(=O)Oc1ccc2c(C)c(Cl)c(=O)oc2c1. The maximum absolute atomic E-state index is 11.9. The highest BCUT2D eigenvalue weighted by Gasteiger charge is 2.18. The Kier molecular flexibility index (Phi) is 4.23. The highest BCUT2D eigenvalue weighted by molar-refractivity contribution is 7.53. The van der Waals surface area contributed by atoms with Crippen LogP contribution < -0.4 is 10.1 Å². The molecule has 0 aliphatic rings. The van der Waals surface area contributed by atoms with E-state index in [4.69, 9.17) is 25.1 Å². The molecule has 2 rings (SSSR count). The number of hydrogen-bond donors (Lipinski definition) is 0. The molecule has 0 spiro atoms. The first-order valence-electron chi connectivity index (χ1n) is 5.98. The summed E-state index contributed by atoms with van der Waals surface area (Å²) >= 11 is 5.84. The van der Waals surface area contributed by atoms with E-state index in [1.54, 1.807) is 26.0 Å². The predicted molar refractivity (Wildman–Crippen MR) is 78.0 cm³/mol. The third-order valence-corrected chi connectivity index (χ3v) is 4.41. The number of hydrogen-bond acceptors (Lipinski definition) is 5. The summed E-state index contributed by atoms with van der Waals surface area (Å²) in [6, 6.07) is 4.82. The monoisotopic (exact) mass is 316 g/mol. The van der Waals surface area contributed by atoms with Crippen LogP contribution in [0, 0.1) is 6.92 Å². The molecule has 0 radical (unpaired) electrons. The highest BCUT2D eigenvalue weighted by Crippen LogP contribution is 2.44. The molecule has 0 saturated heterocycles. The van der Waals surface area contributed by atoms with Gasteiger partial charge in [-0.25, -0.2) is 9.36 Å². The standard InChI is InChI=1S/C13H14ClO5P/c1-4-17-20(3,16)19-9-5-6-10-8(2)12(14)13(15)18-11(10)7-9/h5-7H,4H2,1-3H3/t20-/m1/s1. The topological polar surface area (TPSA) is 65.7 Å². The van der Waals surface area contributed by atoms with Gasteiger partial charge in [-0.1, -0.05) is 11.6 Å². The zero-order valence-electron chi connectivity index (χ0n) is 11.3. The molecule has 1 atom stereocenters. The van der Waals surface area contributed by atoms with Crippen LogP contribution in [-0.2, 0) is 9.09 Å². The molecule has 2 aromatic rings. The number of aryl methyl sites for hydroxylation is 1. The maximum atomic E-state index is 11.9. The van der Waals surface area contributed by atoms with Crippen molar-refractivity contribution in [3.05, 3.63) is 39.2 Å². The van der Waals surface area contributed by atoms with Crippen LogP contribution in [0.1, 0.15) is 12.5 Å². The highest BCUT2D eigenvalue weighted by atomic mass is 35.5. The fraction of sp³-hybridized carbons (Fsp3) is 0.308. The van der Waals surface area contributed by atoms with Crippen molar-refractivity contribution in [2.75, 3.05) is 13.3 Å². The molecule has 20 heavy (non-hydrogen) atoms. The lowest BCUT2D eigenvalue weighted by Gasteiger charge is -2.14. The molecule has 1 aromatic heterocycles. The van der Waals surface area contributed by atoms with Crippen molar-refractivity contribution in [1.82, 2.24) is 0 Å². The third-order valence-electron chi connectivity index (χ3n) is 2.70. The Morgan fingerprint density at radius 1 is 1.40 bits per heavy atom. The van der Waals surface area contributed by atoms with Crippen LogP contribution in [-0.4, -0.2) is 13.3 Å². The Bertz CT molecular complexity index is 752. The van der Waals surface area contributed by atoms with Gasteiger partial charge in [-0.05, 0) is 31.5 Å². The Labute approximate surface area is 121 Å². The molecule has 0 N–H and O–H groups in total. The lowest BCUT2D eigenvalue weighted by Crippen LogP contribution is -2.02. The number of benzene rings is 1. The molecule has 7 heteroatoms. The van der Waals surface area contributed by atoms with Gasteiger partial charge in [-0.3, -0.25) is 0 Å². The van der Waals surface area contributed by atoms with E-state index >= 15 is 0 Å². The lowest BCUT2D eigenvalue weighted by molar-refractivity contribution is 0.284. The molecular weight excluding hydrogens is 303 g/mol. The molecule has 1 aromatic carbocycles. The molecule has 0 unspecified atom stereocenters. The molecular formula is C13H14ClO5P. The van der Waals surface area contributed by atoms with E-state index in [0.29, 0.717) is 22.3 Å². The van der Waals surface area contributed by atoms with Gasteiger partial charge in [0.25, 0.3) is 0 Å². The molecule has 0 fully saturated rings. The largest absolute Gasteiger partial charge is 0.424 e. The molecule has 0 bridgehead atoms. The van der Waals surface area contributed by atoms with Crippen LogP contribution in [0.2, 0.25) is 5.02 Å². The van der Waals surface area contributed by atoms with Crippen molar-refractivity contribution in [1.29, 1.82) is 0 Å².